The maximum Gasteiger partial charge on any atom is 0.289 e. The van der Waals surface area contributed by atoms with Crippen molar-refractivity contribution in [2.45, 2.75) is 17.8 Å². The number of hydrogen-bond acceptors (Lipinski definition) is 5. The number of thioether (sulfide) groups is 1. The van der Waals surface area contributed by atoms with Crippen LogP contribution in [0.3, 0.4) is 0 Å². The molecule has 0 radical (unpaired) electrons. The van der Waals surface area contributed by atoms with E-state index in [0.29, 0.717) is 37.5 Å². The minimum atomic E-state index is -0.135. The molecule has 0 atom stereocenters. The van der Waals surface area contributed by atoms with Crippen LogP contribution in [0.4, 0.5) is 0 Å². The molecule has 8 heteroatoms. The van der Waals surface area contributed by atoms with E-state index in [1.165, 1.54) is 17.4 Å². The lowest BCUT2D eigenvalue weighted by molar-refractivity contribution is 0.0518. The van der Waals surface area contributed by atoms with E-state index in [2.05, 4.69) is 31.2 Å². The molecule has 4 aromatic rings. The van der Waals surface area contributed by atoms with E-state index in [4.69, 9.17) is 9.40 Å². The Hall–Kier alpha value is -3.52. The number of rotatable bonds is 5. The fourth-order valence-corrected chi connectivity index (χ4v) is 5.06. The summed E-state index contributed by atoms with van der Waals surface area (Å²) in [6.45, 7) is 4.04. The van der Waals surface area contributed by atoms with Gasteiger partial charge < -0.3 is 18.8 Å². The Kier molecular flexibility index (Phi) is 6.15. The average molecular weight is 475 g/mol. The molecule has 0 N–H and O–H groups in total. The van der Waals surface area contributed by atoms with Crippen molar-refractivity contribution in [1.29, 1.82) is 0 Å². The zero-order valence-corrected chi connectivity index (χ0v) is 20.0. The van der Waals surface area contributed by atoms with Gasteiger partial charge in [-0.25, -0.2) is 4.98 Å². The fourth-order valence-electron chi connectivity index (χ4n) is 4.11. The summed E-state index contributed by atoms with van der Waals surface area (Å²) < 4.78 is 7.26. The first-order valence-electron chi connectivity index (χ1n) is 11.3. The van der Waals surface area contributed by atoms with Crippen molar-refractivity contribution < 1.29 is 14.0 Å². The molecule has 1 fully saturated rings. The molecular formula is C26H26N4O3S. The molecule has 1 aliphatic heterocycles. The molecule has 174 valence electrons. The molecule has 34 heavy (non-hydrogen) atoms. The molecule has 0 aliphatic carbocycles. The van der Waals surface area contributed by atoms with Crippen LogP contribution in [0.2, 0.25) is 0 Å². The smallest absolute Gasteiger partial charge is 0.289 e. The van der Waals surface area contributed by atoms with Gasteiger partial charge in [-0.2, -0.15) is 0 Å². The van der Waals surface area contributed by atoms with E-state index < -0.39 is 0 Å². The Labute approximate surface area is 202 Å². The number of benzene rings is 2. The van der Waals surface area contributed by atoms with Crippen molar-refractivity contribution in [3.8, 4) is 0 Å². The topological polar surface area (TPSA) is 71.6 Å². The number of fused-ring (bicyclic) bond motifs is 1. The third kappa shape index (κ3) is 4.46. The Bertz CT molecular complexity index is 1320. The number of hydrogen-bond donors (Lipinski definition) is 0. The van der Waals surface area contributed by atoms with Crippen LogP contribution in [-0.2, 0) is 12.8 Å². The van der Waals surface area contributed by atoms with Gasteiger partial charge in [0.25, 0.3) is 11.8 Å². The summed E-state index contributed by atoms with van der Waals surface area (Å²) >= 11 is 1.69. The van der Waals surface area contributed by atoms with Gasteiger partial charge in [0.2, 0.25) is 0 Å². The summed E-state index contributed by atoms with van der Waals surface area (Å²) in [5.74, 6) is 1.01. The predicted octanol–water partition coefficient (Wildman–Crippen LogP) is 4.37. The molecule has 1 aliphatic rings. The monoisotopic (exact) mass is 474 g/mol. The van der Waals surface area contributed by atoms with Crippen LogP contribution in [0.5, 0.6) is 0 Å². The maximum atomic E-state index is 13.2. The van der Waals surface area contributed by atoms with E-state index in [1.54, 1.807) is 33.7 Å². The van der Waals surface area contributed by atoms with E-state index >= 15 is 0 Å². The molecular weight excluding hydrogens is 448 g/mol. The summed E-state index contributed by atoms with van der Waals surface area (Å²) in [4.78, 5) is 33.9. The zero-order valence-electron chi connectivity index (χ0n) is 19.2. The van der Waals surface area contributed by atoms with Crippen LogP contribution in [0, 0.1) is 6.92 Å². The van der Waals surface area contributed by atoms with Gasteiger partial charge in [-0.1, -0.05) is 41.6 Å². The zero-order chi connectivity index (χ0) is 23.7. The summed E-state index contributed by atoms with van der Waals surface area (Å²) in [6, 6.07) is 17.6. The molecule has 5 rings (SSSR count). The normalized spacial score (nSPS) is 14.1. The molecule has 0 unspecified atom stereocenters. The lowest BCUT2D eigenvalue weighted by atomic mass is 10.1. The first kappa shape index (κ1) is 22.3. The highest BCUT2D eigenvalue weighted by atomic mass is 32.2. The van der Waals surface area contributed by atoms with Crippen molar-refractivity contribution in [2.75, 3.05) is 26.2 Å². The van der Waals surface area contributed by atoms with E-state index in [-0.39, 0.29) is 11.8 Å². The first-order valence-corrected chi connectivity index (χ1v) is 12.2. The number of nitrogens with zero attached hydrogens (tertiary/aromatic N) is 4. The van der Waals surface area contributed by atoms with Crippen molar-refractivity contribution in [3.05, 3.63) is 83.3 Å². The second-order valence-electron chi connectivity index (χ2n) is 8.49. The number of amides is 2. The number of piperazine rings is 1. The second kappa shape index (κ2) is 9.38. The lowest BCUT2D eigenvalue weighted by Crippen LogP contribution is -2.50. The molecule has 0 bridgehead atoms. The van der Waals surface area contributed by atoms with Gasteiger partial charge in [0.1, 0.15) is 0 Å². The summed E-state index contributed by atoms with van der Waals surface area (Å²) in [5, 5.41) is 0.922. The third-order valence-electron chi connectivity index (χ3n) is 6.16. The summed E-state index contributed by atoms with van der Waals surface area (Å²) in [6.07, 6.45) is 1.49. The van der Waals surface area contributed by atoms with Crippen molar-refractivity contribution in [1.82, 2.24) is 19.4 Å². The number of carbonyl (C=O) groups is 2. The van der Waals surface area contributed by atoms with Crippen molar-refractivity contribution in [2.24, 2.45) is 7.05 Å². The number of carbonyl (C=O) groups excluding carboxylic acids is 2. The van der Waals surface area contributed by atoms with Gasteiger partial charge >= 0.3 is 0 Å². The van der Waals surface area contributed by atoms with Gasteiger partial charge in [-0.15, -0.1) is 0 Å². The predicted molar refractivity (Wildman–Crippen MR) is 132 cm³/mol. The van der Waals surface area contributed by atoms with Crippen LogP contribution in [0.1, 0.15) is 32.0 Å². The third-order valence-corrected chi connectivity index (χ3v) is 7.26. The van der Waals surface area contributed by atoms with Crippen molar-refractivity contribution in [3.63, 3.8) is 0 Å². The number of aromatic nitrogens is 2. The minimum absolute atomic E-state index is 0.0259. The van der Waals surface area contributed by atoms with Gasteiger partial charge in [-0.05, 0) is 42.8 Å². The van der Waals surface area contributed by atoms with Crippen LogP contribution in [0.15, 0.2) is 70.4 Å². The first-order chi connectivity index (χ1) is 16.5. The number of aryl methyl sites for hydroxylation is 2. The minimum Gasteiger partial charge on any atom is -0.459 e. The van der Waals surface area contributed by atoms with E-state index in [1.807, 2.05) is 29.8 Å². The molecule has 2 aromatic heterocycles. The van der Waals surface area contributed by atoms with Crippen LogP contribution in [0.25, 0.3) is 11.0 Å². The van der Waals surface area contributed by atoms with Gasteiger partial charge in [0.15, 0.2) is 10.9 Å². The Morgan fingerprint density at radius 3 is 2.35 bits per heavy atom. The largest absolute Gasteiger partial charge is 0.459 e. The van der Waals surface area contributed by atoms with Crippen LogP contribution in [-0.4, -0.2) is 57.3 Å². The van der Waals surface area contributed by atoms with Crippen LogP contribution >= 0.6 is 11.8 Å². The van der Waals surface area contributed by atoms with Gasteiger partial charge in [-0.3, -0.25) is 9.59 Å². The SMILES string of the molecule is Cc1ccc(CSc2nc3ccc(C(=O)N4CCN(C(=O)c5ccco5)CC4)cc3n2C)cc1. The standard InChI is InChI=1S/C26H26N4O3S/c1-18-5-7-19(8-6-18)17-34-26-27-21-10-9-20(16-22(21)28(26)2)24(31)29-11-13-30(14-12-29)25(32)23-4-3-15-33-23/h3-10,15-16H,11-14,17H2,1-2H3. The molecule has 3 heterocycles. The molecule has 2 amide bonds. The van der Waals surface area contributed by atoms with Gasteiger partial charge in [0, 0.05) is 44.5 Å². The maximum absolute atomic E-state index is 13.2. The van der Waals surface area contributed by atoms with Gasteiger partial charge in [0.05, 0.1) is 17.3 Å². The second-order valence-corrected chi connectivity index (χ2v) is 9.44. The Morgan fingerprint density at radius 1 is 0.971 bits per heavy atom. The average Bonchev–Trinajstić information content (AvgIpc) is 3.51. The van der Waals surface area contributed by atoms with Crippen molar-refractivity contribution >= 4 is 34.6 Å². The van der Waals surface area contributed by atoms with E-state index in [9.17, 15) is 9.59 Å². The molecule has 0 spiro atoms. The molecule has 7 nitrogen and oxygen atoms in total. The lowest BCUT2D eigenvalue weighted by Gasteiger charge is -2.34. The number of furan rings is 1. The quantitative estimate of drug-likeness (QED) is 0.402. The van der Waals surface area contributed by atoms with E-state index in [0.717, 1.165) is 21.9 Å². The highest BCUT2D eigenvalue weighted by molar-refractivity contribution is 7.98. The van der Waals surface area contributed by atoms with Crippen LogP contribution < -0.4 is 0 Å². The molecule has 1 saturated heterocycles. The fraction of sp³-hybridized carbons (Fsp3) is 0.269. The highest BCUT2D eigenvalue weighted by Crippen LogP contribution is 2.27. The summed E-state index contributed by atoms with van der Waals surface area (Å²) in [5.41, 5.74) is 4.95. The summed E-state index contributed by atoms with van der Waals surface area (Å²) in [7, 11) is 1.99. The number of imidazole rings is 1. The Balaban J connectivity index is 1.26. The highest BCUT2D eigenvalue weighted by Gasteiger charge is 2.27. The molecule has 2 aromatic carbocycles. The Morgan fingerprint density at radius 2 is 1.68 bits per heavy atom. The molecule has 0 saturated carbocycles.